The van der Waals surface area contributed by atoms with Gasteiger partial charge in [-0.3, -0.25) is 0 Å². The minimum absolute atomic E-state index is 0.247. The zero-order chi connectivity index (χ0) is 19.5. The van der Waals surface area contributed by atoms with Gasteiger partial charge < -0.3 is 19.7 Å². The van der Waals surface area contributed by atoms with E-state index in [1.54, 1.807) is 0 Å². The molecule has 1 aromatic carbocycles. The fourth-order valence-corrected chi connectivity index (χ4v) is 3.23. The predicted octanol–water partition coefficient (Wildman–Crippen LogP) is 3.83. The summed E-state index contributed by atoms with van der Waals surface area (Å²) in [6.45, 7) is 11.3. The van der Waals surface area contributed by atoms with Gasteiger partial charge in [-0.25, -0.2) is 4.99 Å². The summed E-state index contributed by atoms with van der Waals surface area (Å²) in [7, 11) is 2.13. The monoisotopic (exact) mass is 375 g/mol. The Morgan fingerprint density at radius 1 is 1.30 bits per heavy atom. The molecule has 0 radical (unpaired) electrons. The van der Waals surface area contributed by atoms with Gasteiger partial charge in [0.2, 0.25) is 0 Å². The second-order valence-electron chi connectivity index (χ2n) is 7.62. The fraction of sp³-hybridized carbons (Fsp3) is 0.682. The molecule has 152 valence electrons. The van der Waals surface area contributed by atoms with Crippen molar-refractivity contribution < 1.29 is 9.47 Å². The summed E-state index contributed by atoms with van der Waals surface area (Å²) < 4.78 is 11.2. The molecule has 0 unspecified atom stereocenters. The fourth-order valence-electron chi connectivity index (χ4n) is 3.23. The van der Waals surface area contributed by atoms with Gasteiger partial charge in [-0.2, -0.15) is 0 Å². The molecular weight excluding hydrogens is 338 g/mol. The first-order valence-corrected chi connectivity index (χ1v) is 10.3. The van der Waals surface area contributed by atoms with Crippen molar-refractivity contribution in [2.45, 2.75) is 59.3 Å². The summed E-state index contributed by atoms with van der Waals surface area (Å²) in [4.78, 5) is 7.10. The van der Waals surface area contributed by atoms with E-state index in [0.717, 1.165) is 38.2 Å². The highest BCUT2D eigenvalue weighted by Crippen LogP contribution is 2.18. The quantitative estimate of drug-likeness (QED) is 0.526. The van der Waals surface area contributed by atoms with Crippen LogP contribution < -0.4 is 5.32 Å². The van der Waals surface area contributed by atoms with Crippen LogP contribution in [-0.2, 0) is 22.6 Å². The van der Waals surface area contributed by atoms with E-state index in [4.69, 9.17) is 14.5 Å². The summed E-state index contributed by atoms with van der Waals surface area (Å²) in [5.74, 6) is 1.76. The largest absolute Gasteiger partial charge is 0.381 e. The van der Waals surface area contributed by atoms with E-state index in [1.807, 2.05) is 0 Å². The van der Waals surface area contributed by atoms with Gasteiger partial charge in [0, 0.05) is 33.4 Å². The van der Waals surface area contributed by atoms with Crippen molar-refractivity contribution in [2.24, 2.45) is 10.9 Å². The summed E-state index contributed by atoms with van der Waals surface area (Å²) in [5.41, 5.74) is 2.42. The number of guanidine groups is 1. The van der Waals surface area contributed by atoms with Crippen molar-refractivity contribution in [1.29, 1.82) is 0 Å². The lowest BCUT2D eigenvalue weighted by atomic mass is 9.96. The molecular formula is C22H37N3O2. The molecule has 1 N–H and O–H groups in total. The van der Waals surface area contributed by atoms with Crippen LogP contribution in [0.5, 0.6) is 0 Å². The molecule has 27 heavy (non-hydrogen) atoms. The van der Waals surface area contributed by atoms with Crippen molar-refractivity contribution in [2.75, 3.05) is 33.4 Å². The molecule has 0 amide bonds. The molecule has 1 aromatic rings. The van der Waals surface area contributed by atoms with Crippen LogP contribution in [0.3, 0.4) is 0 Å². The average Bonchev–Trinajstić information content (AvgIpc) is 2.69. The van der Waals surface area contributed by atoms with Crippen LogP contribution in [0.25, 0.3) is 0 Å². The third-order valence-electron chi connectivity index (χ3n) is 4.90. The number of ether oxygens (including phenoxy) is 2. The van der Waals surface area contributed by atoms with Gasteiger partial charge in [-0.15, -0.1) is 0 Å². The van der Waals surface area contributed by atoms with Crippen LogP contribution in [0.2, 0.25) is 0 Å². The van der Waals surface area contributed by atoms with Crippen molar-refractivity contribution in [3.63, 3.8) is 0 Å². The highest BCUT2D eigenvalue weighted by atomic mass is 16.5. The molecule has 0 aromatic heterocycles. The Balaban J connectivity index is 1.90. The minimum atomic E-state index is 0.247. The molecule has 5 nitrogen and oxygen atoms in total. The zero-order valence-corrected chi connectivity index (χ0v) is 17.5. The Hall–Kier alpha value is -1.59. The van der Waals surface area contributed by atoms with Crippen molar-refractivity contribution in [3.05, 3.63) is 35.4 Å². The molecule has 0 atom stereocenters. The lowest BCUT2D eigenvalue weighted by Crippen LogP contribution is -2.40. The van der Waals surface area contributed by atoms with Crippen molar-refractivity contribution in [1.82, 2.24) is 10.2 Å². The number of hydrogen-bond donors (Lipinski definition) is 1. The number of hydrogen-bond acceptors (Lipinski definition) is 3. The summed E-state index contributed by atoms with van der Waals surface area (Å²) in [6.07, 6.45) is 3.82. The lowest BCUT2D eigenvalue weighted by molar-refractivity contribution is 0.0625. The number of rotatable bonds is 9. The van der Waals surface area contributed by atoms with E-state index < -0.39 is 0 Å². The number of benzene rings is 1. The third-order valence-corrected chi connectivity index (χ3v) is 4.90. The van der Waals surface area contributed by atoms with E-state index >= 15 is 0 Å². The lowest BCUT2D eigenvalue weighted by Gasteiger charge is -2.26. The number of nitrogens with zero attached hydrogens (tertiary/aromatic N) is 2. The molecule has 5 heteroatoms. The Morgan fingerprint density at radius 3 is 2.74 bits per heavy atom. The van der Waals surface area contributed by atoms with E-state index in [0.29, 0.717) is 13.2 Å². The normalized spacial score (nSPS) is 16.0. The van der Waals surface area contributed by atoms with Crippen LogP contribution in [0, 0.1) is 5.92 Å². The van der Waals surface area contributed by atoms with Gasteiger partial charge in [0.15, 0.2) is 5.96 Å². The predicted molar refractivity (Wildman–Crippen MR) is 112 cm³/mol. The minimum Gasteiger partial charge on any atom is -0.381 e. The molecule has 1 aliphatic heterocycles. The summed E-state index contributed by atoms with van der Waals surface area (Å²) in [5, 5.41) is 3.42. The number of nitrogens with one attached hydrogen (secondary N) is 1. The van der Waals surface area contributed by atoms with Crippen LogP contribution in [0.4, 0.5) is 0 Å². The van der Waals surface area contributed by atoms with Crippen molar-refractivity contribution >= 4 is 5.96 Å². The SMILES string of the molecule is CCNC(=NCc1cccc(COC(C)C)c1)N(C)CCC1CCOCC1. The Morgan fingerprint density at radius 2 is 2.04 bits per heavy atom. The van der Waals surface area contributed by atoms with Gasteiger partial charge in [-0.05, 0) is 57.1 Å². The first kappa shape index (κ1) is 21.7. The Kier molecular flexibility index (Phi) is 9.64. The summed E-state index contributed by atoms with van der Waals surface area (Å²) >= 11 is 0. The first-order chi connectivity index (χ1) is 13.1. The van der Waals surface area contributed by atoms with Crippen LogP contribution >= 0.6 is 0 Å². The molecule has 2 rings (SSSR count). The van der Waals surface area contributed by atoms with Gasteiger partial charge in [0.25, 0.3) is 0 Å². The maximum absolute atomic E-state index is 5.71. The molecule has 0 bridgehead atoms. The standard InChI is InChI=1S/C22H37N3O2/c1-5-23-22(25(4)12-9-19-10-13-26-14-11-19)24-16-20-7-6-8-21(15-20)17-27-18(2)3/h6-8,15,18-19H,5,9-14,16-17H2,1-4H3,(H,23,24). The van der Waals surface area contributed by atoms with Crippen LogP contribution in [-0.4, -0.2) is 50.3 Å². The van der Waals surface area contributed by atoms with E-state index in [2.05, 4.69) is 62.3 Å². The molecule has 1 aliphatic rings. The molecule has 0 spiro atoms. The average molecular weight is 376 g/mol. The van der Waals surface area contributed by atoms with Gasteiger partial charge >= 0.3 is 0 Å². The Labute approximate surface area is 165 Å². The maximum atomic E-state index is 5.71. The first-order valence-electron chi connectivity index (χ1n) is 10.3. The second kappa shape index (κ2) is 12.0. The third kappa shape index (κ3) is 8.31. The van der Waals surface area contributed by atoms with Crippen molar-refractivity contribution in [3.8, 4) is 0 Å². The van der Waals surface area contributed by atoms with E-state index in [-0.39, 0.29) is 6.10 Å². The highest BCUT2D eigenvalue weighted by molar-refractivity contribution is 5.79. The number of aliphatic imine (C=N–C) groups is 1. The maximum Gasteiger partial charge on any atom is 0.193 e. The topological polar surface area (TPSA) is 46.1 Å². The van der Waals surface area contributed by atoms with Gasteiger partial charge in [0.05, 0.1) is 19.3 Å². The highest BCUT2D eigenvalue weighted by Gasteiger charge is 2.15. The second-order valence-corrected chi connectivity index (χ2v) is 7.62. The molecule has 1 saturated heterocycles. The molecule has 1 heterocycles. The Bertz CT molecular complexity index is 568. The molecule has 0 aliphatic carbocycles. The summed E-state index contributed by atoms with van der Waals surface area (Å²) in [6, 6.07) is 8.53. The van der Waals surface area contributed by atoms with Gasteiger partial charge in [0.1, 0.15) is 0 Å². The molecule has 1 fully saturated rings. The van der Waals surface area contributed by atoms with Crippen LogP contribution in [0.15, 0.2) is 29.3 Å². The van der Waals surface area contributed by atoms with Gasteiger partial charge in [-0.1, -0.05) is 24.3 Å². The van der Waals surface area contributed by atoms with E-state index in [9.17, 15) is 0 Å². The molecule has 0 saturated carbocycles. The van der Waals surface area contributed by atoms with Crippen LogP contribution in [0.1, 0.15) is 51.2 Å². The zero-order valence-electron chi connectivity index (χ0n) is 17.5. The smallest absolute Gasteiger partial charge is 0.193 e. The van der Waals surface area contributed by atoms with E-state index in [1.165, 1.54) is 30.4 Å².